The molecule has 3 aromatic rings. The smallest absolute Gasteiger partial charge is 0.283 e. The maximum absolute atomic E-state index is 12.3. The number of carbonyl (C=O) groups is 1. The van der Waals surface area contributed by atoms with Crippen LogP contribution in [0.15, 0.2) is 69.2 Å². The third kappa shape index (κ3) is 5.62. The Morgan fingerprint density at radius 3 is 2.81 bits per heavy atom. The van der Waals surface area contributed by atoms with Crippen molar-refractivity contribution in [2.24, 2.45) is 0 Å². The van der Waals surface area contributed by atoms with Crippen LogP contribution in [0.5, 0.6) is 0 Å². The molecule has 3 rings (SSSR count). The highest BCUT2D eigenvalue weighted by molar-refractivity contribution is 7.99. The van der Waals surface area contributed by atoms with Crippen LogP contribution in [0, 0.1) is 28.4 Å². The van der Waals surface area contributed by atoms with E-state index in [4.69, 9.17) is 0 Å². The normalized spacial score (nSPS) is 10.9. The molecule has 0 saturated carbocycles. The molecule has 0 aliphatic heterocycles. The topological polar surface area (TPSA) is 155 Å². The molecule has 0 bridgehead atoms. The number of aromatic nitrogens is 3. The molecule has 1 aromatic carbocycles. The molecule has 0 fully saturated rings. The van der Waals surface area contributed by atoms with Crippen molar-refractivity contribution in [3.05, 3.63) is 86.1 Å². The van der Waals surface area contributed by atoms with Gasteiger partial charge in [-0.15, -0.1) is 0 Å². The largest absolute Gasteiger partial charge is 0.320 e. The van der Waals surface area contributed by atoms with Gasteiger partial charge in [-0.3, -0.25) is 24.7 Å². The van der Waals surface area contributed by atoms with Crippen LogP contribution < -0.4 is 10.9 Å². The lowest BCUT2D eigenvalue weighted by Crippen LogP contribution is -2.13. The Bertz CT molecular complexity index is 1280. The molecule has 1 amide bonds. The second kappa shape index (κ2) is 9.47. The summed E-state index contributed by atoms with van der Waals surface area (Å²) in [5.74, 6) is -0.668. The first-order valence-corrected chi connectivity index (χ1v) is 9.55. The number of H-pyrrole nitrogens is 1. The first-order valence-electron chi connectivity index (χ1n) is 8.73. The molecule has 0 radical (unpaired) electrons. The number of nitrogens with zero attached hydrogens (tertiary/aromatic N) is 4. The quantitative estimate of drug-likeness (QED) is 0.197. The summed E-state index contributed by atoms with van der Waals surface area (Å²) in [5, 5.41) is 23.6. The van der Waals surface area contributed by atoms with Crippen LogP contribution in [-0.2, 0) is 4.79 Å². The van der Waals surface area contributed by atoms with Gasteiger partial charge < -0.3 is 10.3 Å². The predicted molar refractivity (Wildman–Crippen MR) is 113 cm³/mol. The van der Waals surface area contributed by atoms with Gasteiger partial charge in [0, 0.05) is 24.0 Å². The molecule has 2 heterocycles. The number of rotatable bonds is 6. The van der Waals surface area contributed by atoms with E-state index in [-0.39, 0.29) is 26.9 Å². The van der Waals surface area contributed by atoms with E-state index in [1.54, 1.807) is 25.1 Å². The summed E-state index contributed by atoms with van der Waals surface area (Å²) in [6, 6.07) is 10.6. The molecule has 0 aliphatic rings. The van der Waals surface area contributed by atoms with Crippen LogP contribution in [0.3, 0.4) is 0 Å². The average Bonchev–Trinajstić information content (AvgIpc) is 2.72. The highest BCUT2D eigenvalue weighted by Gasteiger charge is 2.18. The second-order valence-corrected chi connectivity index (χ2v) is 7.17. The standard InChI is InChI=1S/C20H14N6O4S/c1-12-7-18(27)25-20(23-12)31-17-5-4-13(9-16(17)26(29)30)8-14(10-21)19(28)24-15-3-2-6-22-11-15/h2-9,11H,1H3,(H,24,28)(H,23,25,27)/b14-8+. The third-order valence-corrected chi connectivity index (χ3v) is 4.78. The summed E-state index contributed by atoms with van der Waals surface area (Å²) in [4.78, 5) is 45.7. The summed E-state index contributed by atoms with van der Waals surface area (Å²) in [5.41, 5.74) is 0.323. The highest BCUT2D eigenvalue weighted by atomic mass is 32.2. The summed E-state index contributed by atoms with van der Waals surface area (Å²) in [7, 11) is 0. The van der Waals surface area contributed by atoms with Crippen LogP contribution in [0.25, 0.3) is 6.08 Å². The first kappa shape index (κ1) is 21.4. The molecular formula is C20H14N6O4S. The van der Waals surface area contributed by atoms with Gasteiger partial charge in [-0.1, -0.05) is 6.07 Å². The van der Waals surface area contributed by atoms with E-state index in [2.05, 4.69) is 20.3 Å². The number of nitrogens with one attached hydrogen (secondary N) is 2. The Balaban J connectivity index is 1.90. The Kier molecular flexibility index (Phi) is 6.54. The fourth-order valence-corrected chi connectivity index (χ4v) is 3.43. The molecule has 31 heavy (non-hydrogen) atoms. The number of benzene rings is 1. The molecule has 2 N–H and O–H groups in total. The van der Waals surface area contributed by atoms with Gasteiger partial charge in [0.2, 0.25) is 0 Å². The van der Waals surface area contributed by atoms with E-state index in [0.29, 0.717) is 16.9 Å². The summed E-state index contributed by atoms with van der Waals surface area (Å²) in [6.07, 6.45) is 4.21. The monoisotopic (exact) mass is 434 g/mol. The van der Waals surface area contributed by atoms with E-state index >= 15 is 0 Å². The SMILES string of the molecule is Cc1cc(=O)[nH]c(Sc2ccc(/C=C(\C#N)C(=O)Nc3cccnc3)cc2[N+](=O)[O-])n1. The van der Waals surface area contributed by atoms with Gasteiger partial charge in [-0.2, -0.15) is 5.26 Å². The molecule has 154 valence electrons. The van der Waals surface area contributed by atoms with E-state index in [1.165, 1.54) is 42.7 Å². The number of carbonyl (C=O) groups excluding carboxylic acids is 1. The number of nitro groups is 1. The number of hydrogen-bond donors (Lipinski definition) is 2. The summed E-state index contributed by atoms with van der Waals surface area (Å²) >= 11 is 0.932. The number of pyridine rings is 1. The van der Waals surface area contributed by atoms with Gasteiger partial charge in [0.05, 0.1) is 21.7 Å². The maximum atomic E-state index is 12.3. The number of nitriles is 1. The molecule has 0 spiro atoms. The zero-order valence-electron chi connectivity index (χ0n) is 16.0. The fourth-order valence-electron chi connectivity index (χ4n) is 2.51. The molecule has 0 aliphatic carbocycles. The van der Waals surface area contributed by atoms with Crippen molar-refractivity contribution in [3.8, 4) is 6.07 Å². The number of hydrogen-bond acceptors (Lipinski definition) is 8. The van der Waals surface area contributed by atoms with Crippen molar-refractivity contribution in [2.45, 2.75) is 17.0 Å². The van der Waals surface area contributed by atoms with Gasteiger partial charge in [-0.25, -0.2) is 4.98 Å². The molecule has 11 heteroatoms. The van der Waals surface area contributed by atoms with Crippen LogP contribution >= 0.6 is 11.8 Å². The van der Waals surface area contributed by atoms with E-state index in [0.717, 1.165) is 11.8 Å². The Morgan fingerprint density at radius 2 is 2.16 bits per heavy atom. The Hall–Kier alpha value is -4.30. The molecule has 0 unspecified atom stereocenters. The molecule has 2 aromatic heterocycles. The highest BCUT2D eigenvalue weighted by Crippen LogP contribution is 2.34. The summed E-state index contributed by atoms with van der Waals surface area (Å²) < 4.78 is 0. The van der Waals surface area contributed by atoms with Crippen LogP contribution in [0.4, 0.5) is 11.4 Å². The molecular weight excluding hydrogens is 420 g/mol. The van der Waals surface area contributed by atoms with E-state index in [1.807, 2.05) is 0 Å². The predicted octanol–water partition coefficient (Wildman–Crippen LogP) is 3.08. The zero-order valence-corrected chi connectivity index (χ0v) is 16.8. The van der Waals surface area contributed by atoms with Crippen LogP contribution in [-0.4, -0.2) is 25.8 Å². The van der Waals surface area contributed by atoms with E-state index < -0.39 is 10.8 Å². The number of aryl methyl sites for hydroxylation is 1. The Morgan fingerprint density at radius 1 is 1.35 bits per heavy atom. The fraction of sp³-hybridized carbons (Fsp3) is 0.0500. The van der Waals surface area contributed by atoms with Crippen molar-refractivity contribution in [1.82, 2.24) is 15.0 Å². The minimum atomic E-state index is -0.668. The van der Waals surface area contributed by atoms with Gasteiger partial charge in [0.25, 0.3) is 17.2 Å². The molecule has 0 saturated heterocycles. The molecule has 10 nitrogen and oxygen atoms in total. The lowest BCUT2D eigenvalue weighted by Gasteiger charge is -2.05. The third-order valence-electron chi connectivity index (χ3n) is 3.83. The van der Waals surface area contributed by atoms with Gasteiger partial charge in [0.15, 0.2) is 5.16 Å². The lowest BCUT2D eigenvalue weighted by atomic mass is 10.1. The van der Waals surface area contributed by atoms with Gasteiger partial charge >= 0.3 is 0 Å². The molecule has 0 atom stereocenters. The minimum Gasteiger partial charge on any atom is -0.320 e. The number of anilines is 1. The average molecular weight is 434 g/mol. The lowest BCUT2D eigenvalue weighted by molar-refractivity contribution is -0.387. The van der Waals surface area contributed by atoms with Crippen molar-refractivity contribution in [3.63, 3.8) is 0 Å². The van der Waals surface area contributed by atoms with Crippen molar-refractivity contribution >= 4 is 35.1 Å². The minimum absolute atomic E-state index is 0.213. The van der Waals surface area contributed by atoms with Gasteiger partial charge in [-0.05, 0) is 48.5 Å². The van der Waals surface area contributed by atoms with E-state index in [9.17, 15) is 25.0 Å². The van der Waals surface area contributed by atoms with Crippen molar-refractivity contribution in [2.75, 3.05) is 5.32 Å². The van der Waals surface area contributed by atoms with Crippen LogP contribution in [0.1, 0.15) is 11.3 Å². The maximum Gasteiger partial charge on any atom is 0.283 e. The summed E-state index contributed by atoms with van der Waals surface area (Å²) in [6.45, 7) is 1.64. The number of aromatic amines is 1. The number of amides is 1. The van der Waals surface area contributed by atoms with Crippen molar-refractivity contribution in [1.29, 1.82) is 5.26 Å². The number of nitro benzene ring substituents is 1. The Labute approximate surface area is 179 Å². The first-order chi connectivity index (χ1) is 14.9. The van der Waals surface area contributed by atoms with Crippen molar-refractivity contribution < 1.29 is 9.72 Å². The zero-order chi connectivity index (χ0) is 22.4. The second-order valence-electron chi connectivity index (χ2n) is 6.14. The van der Waals surface area contributed by atoms with Gasteiger partial charge in [0.1, 0.15) is 11.6 Å². The van der Waals surface area contributed by atoms with Crippen LogP contribution in [0.2, 0.25) is 0 Å².